The molecule has 0 aromatic heterocycles. The van der Waals surface area contributed by atoms with Crippen molar-refractivity contribution in [3.05, 3.63) is 29.3 Å². The first-order valence-electron chi connectivity index (χ1n) is 6.84. The average molecular weight is 284 g/mol. The summed E-state index contributed by atoms with van der Waals surface area (Å²) in [6.45, 7) is 2.33. The standard InChI is InChI=1S/C14H18F2N2O2/c15-11-7-10(9-17)8-12(16)13(11)18-3-1-14(2-4-18)19-5-6-20-14/h7-8H,1-6,9,17H2. The zero-order valence-electron chi connectivity index (χ0n) is 11.2. The minimum atomic E-state index is -0.561. The van der Waals surface area contributed by atoms with E-state index in [0.29, 0.717) is 44.7 Å². The first-order valence-corrected chi connectivity index (χ1v) is 6.84. The molecule has 1 spiro atoms. The lowest BCUT2D eigenvalue weighted by Crippen LogP contribution is -2.45. The number of ether oxygens (including phenoxy) is 2. The third-order valence-corrected chi connectivity index (χ3v) is 3.97. The van der Waals surface area contributed by atoms with Crippen molar-refractivity contribution in [2.45, 2.75) is 25.2 Å². The molecule has 110 valence electrons. The van der Waals surface area contributed by atoms with E-state index in [2.05, 4.69) is 0 Å². The number of halogens is 2. The van der Waals surface area contributed by atoms with Crippen molar-refractivity contribution < 1.29 is 18.3 Å². The summed E-state index contributed by atoms with van der Waals surface area (Å²) in [5, 5.41) is 0. The molecular formula is C14H18F2N2O2. The second-order valence-electron chi connectivity index (χ2n) is 5.21. The Kier molecular flexibility index (Phi) is 3.62. The molecule has 0 unspecified atom stereocenters. The van der Waals surface area contributed by atoms with Gasteiger partial charge >= 0.3 is 0 Å². The van der Waals surface area contributed by atoms with Crippen LogP contribution in [0.5, 0.6) is 0 Å². The van der Waals surface area contributed by atoms with Crippen LogP contribution in [0.1, 0.15) is 18.4 Å². The van der Waals surface area contributed by atoms with Crippen molar-refractivity contribution in [3.8, 4) is 0 Å². The molecule has 0 saturated carbocycles. The van der Waals surface area contributed by atoms with Crippen LogP contribution in [0.15, 0.2) is 12.1 Å². The number of nitrogens with zero attached hydrogens (tertiary/aromatic N) is 1. The Bertz CT molecular complexity index is 471. The topological polar surface area (TPSA) is 47.7 Å². The molecule has 2 saturated heterocycles. The van der Waals surface area contributed by atoms with Gasteiger partial charge in [-0.3, -0.25) is 0 Å². The molecule has 2 heterocycles. The third-order valence-electron chi connectivity index (χ3n) is 3.97. The van der Waals surface area contributed by atoms with Gasteiger partial charge < -0.3 is 20.1 Å². The summed E-state index contributed by atoms with van der Waals surface area (Å²) in [7, 11) is 0. The van der Waals surface area contributed by atoms with Crippen molar-refractivity contribution in [2.75, 3.05) is 31.2 Å². The maximum absolute atomic E-state index is 14.1. The van der Waals surface area contributed by atoms with Crippen LogP contribution in [0, 0.1) is 11.6 Å². The second kappa shape index (κ2) is 5.27. The van der Waals surface area contributed by atoms with Crippen LogP contribution >= 0.6 is 0 Å². The lowest BCUT2D eigenvalue weighted by atomic mass is 10.0. The van der Waals surface area contributed by atoms with Crippen LogP contribution in [0.3, 0.4) is 0 Å². The van der Waals surface area contributed by atoms with Gasteiger partial charge in [-0.25, -0.2) is 8.78 Å². The van der Waals surface area contributed by atoms with Crippen LogP contribution in [0.25, 0.3) is 0 Å². The third kappa shape index (κ3) is 2.39. The van der Waals surface area contributed by atoms with Gasteiger partial charge in [0.05, 0.1) is 13.2 Å². The summed E-state index contributed by atoms with van der Waals surface area (Å²) in [5.41, 5.74) is 5.90. The van der Waals surface area contributed by atoms with Crippen LogP contribution in [-0.4, -0.2) is 32.1 Å². The summed E-state index contributed by atoms with van der Waals surface area (Å²) in [6, 6.07) is 2.59. The Balaban J connectivity index is 1.78. The van der Waals surface area contributed by atoms with E-state index in [0.717, 1.165) is 0 Å². The molecule has 6 heteroatoms. The molecule has 2 aliphatic rings. The van der Waals surface area contributed by atoms with Crippen LogP contribution in [-0.2, 0) is 16.0 Å². The summed E-state index contributed by atoms with van der Waals surface area (Å²) in [5.74, 6) is -1.66. The van der Waals surface area contributed by atoms with Gasteiger partial charge in [-0.1, -0.05) is 0 Å². The highest BCUT2D eigenvalue weighted by atomic mass is 19.1. The van der Waals surface area contributed by atoms with Crippen molar-refractivity contribution in [3.63, 3.8) is 0 Å². The predicted octanol–water partition coefficient (Wildman–Crippen LogP) is 1.77. The molecule has 1 aromatic rings. The van der Waals surface area contributed by atoms with Crippen molar-refractivity contribution in [1.82, 2.24) is 0 Å². The molecule has 20 heavy (non-hydrogen) atoms. The van der Waals surface area contributed by atoms with E-state index in [1.165, 1.54) is 12.1 Å². The van der Waals surface area contributed by atoms with E-state index in [1.54, 1.807) is 4.90 Å². The number of anilines is 1. The minimum absolute atomic E-state index is 0.0232. The fourth-order valence-corrected chi connectivity index (χ4v) is 2.89. The first-order chi connectivity index (χ1) is 9.63. The van der Waals surface area contributed by atoms with E-state index >= 15 is 0 Å². The van der Waals surface area contributed by atoms with E-state index in [1.807, 2.05) is 0 Å². The second-order valence-corrected chi connectivity index (χ2v) is 5.21. The number of hydrogen-bond donors (Lipinski definition) is 1. The number of hydrogen-bond acceptors (Lipinski definition) is 4. The van der Waals surface area contributed by atoms with Gasteiger partial charge in [0.25, 0.3) is 0 Å². The Hall–Kier alpha value is -1.24. The van der Waals surface area contributed by atoms with E-state index in [4.69, 9.17) is 15.2 Å². The molecule has 2 N–H and O–H groups in total. The number of piperidine rings is 1. The molecule has 0 aliphatic carbocycles. The lowest BCUT2D eigenvalue weighted by Gasteiger charge is -2.38. The maximum Gasteiger partial charge on any atom is 0.171 e. The highest BCUT2D eigenvalue weighted by Gasteiger charge is 2.40. The zero-order chi connectivity index (χ0) is 14.2. The van der Waals surface area contributed by atoms with Gasteiger partial charge in [0, 0.05) is 32.5 Å². The summed E-state index contributed by atoms with van der Waals surface area (Å²) >= 11 is 0. The first kappa shape index (κ1) is 13.7. The SMILES string of the molecule is NCc1cc(F)c(N2CCC3(CC2)OCCO3)c(F)c1. The summed E-state index contributed by atoms with van der Waals surface area (Å²) in [6.07, 6.45) is 1.23. The number of rotatable bonds is 2. The van der Waals surface area contributed by atoms with Gasteiger partial charge in [-0.15, -0.1) is 0 Å². The molecule has 2 fully saturated rings. The molecule has 0 bridgehead atoms. The van der Waals surface area contributed by atoms with Crippen molar-refractivity contribution in [1.29, 1.82) is 0 Å². The monoisotopic (exact) mass is 284 g/mol. The van der Waals surface area contributed by atoms with Crippen LogP contribution in [0.2, 0.25) is 0 Å². The Morgan fingerprint density at radius 2 is 1.65 bits per heavy atom. The lowest BCUT2D eigenvalue weighted by molar-refractivity contribution is -0.169. The average Bonchev–Trinajstić information content (AvgIpc) is 2.88. The predicted molar refractivity (Wildman–Crippen MR) is 70.3 cm³/mol. The molecule has 0 amide bonds. The highest BCUT2D eigenvalue weighted by molar-refractivity contribution is 5.51. The Morgan fingerprint density at radius 3 is 2.15 bits per heavy atom. The highest BCUT2D eigenvalue weighted by Crippen LogP contribution is 2.35. The minimum Gasteiger partial charge on any atom is -0.366 e. The molecule has 0 radical (unpaired) electrons. The quantitative estimate of drug-likeness (QED) is 0.899. The van der Waals surface area contributed by atoms with Crippen LogP contribution < -0.4 is 10.6 Å². The number of nitrogens with two attached hydrogens (primary N) is 1. The maximum atomic E-state index is 14.1. The molecule has 0 atom stereocenters. The van der Waals surface area contributed by atoms with Gasteiger partial charge in [0.15, 0.2) is 5.79 Å². The fraction of sp³-hybridized carbons (Fsp3) is 0.571. The normalized spacial score (nSPS) is 21.6. The molecule has 1 aromatic carbocycles. The number of benzene rings is 1. The largest absolute Gasteiger partial charge is 0.366 e. The van der Waals surface area contributed by atoms with Crippen molar-refractivity contribution in [2.24, 2.45) is 5.73 Å². The van der Waals surface area contributed by atoms with E-state index in [-0.39, 0.29) is 12.2 Å². The Morgan fingerprint density at radius 1 is 1.10 bits per heavy atom. The van der Waals surface area contributed by atoms with Crippen LogP contribution in [0.4, 0.5) is 14.5 Å². The van der Waals surface area contributed by atoms with Gasteiger partial charge in [-0.05, 0) is 17.7 Å². The smallest absolute Gasteiger partial charge is 0.171 e. The zero-order valence-corrected chi connectivity index (χ0v) is 11.2. The molecular weight excluding hydrogens is 266 g/mol. The van der Waals surface area contributed by atoms with Gasteiger partial charge in [0.2, 0.25) is 0 Å². The van der Waals surface area contributed by atoms with Crippen molar-refractivity contribution >= 4 is 5.69 Å². The van der Waals surface area contributed by atoms with E-state index in [9.17, 15) is 8.78 Å². The van der Waals surface area contributed by atoms with E-state index < -0.39 is 17.4 Å². The summed E-state index contributed by atoms with van der Waals surface area (Å²) < 4.78 is 39.3. The molecule has 2 aliphatic heterocycles. The molecule has 4 nitrogen and oxygen atoms in total. The molecule has 3 rings (SSSR count). The Labute approximate surface area is 116 Å². The fourth-order valence-electron chi connectivity index (χ4n) is 2.89. The van der Waals surface area contributed by atoms with Gasteiger partial charge in [-0.2, -0.15) is 0 Å². The van der Waals surface area contributed by atoms with Gasteiger partial charge in [0.1, 0.15) is 17.3 Å². The summed E-state index contributed by atoms with van der Waals surface area (Å²) in [4.78, 5) is 1.71.